The number of aromatic amines is 1. The van der Waals surface area contributed by atoms with Crippen LogP contribution in [0.25, 0.3) is 11.2 Å². The van der Waals surface area contributed by atoms with Crippen molar-refractivity contribution in [2.45, 2.75) is 24.9 Å². The van der Waals surface area contributed by atoms with Gasteiger partial charge in [-0.1, -0.05) is 0 Å². The van der Waals surface area contributed by atoms with Crippen LogP contribution < -0.4 is 21.5 Å². The summed E-state index contributed by atoms with van der Waals surface area (Å²) in [7, 11) is -15.3. The second kappa shape index (κ2) is 12.4. The molecule has 0 saturated carbocycles. The summed E-state index contributed by atoms with van der Waals surface area (Å²) in [6.07, 6.45) is -2.09. The van der Waals surface area contributed by atoms with Crippen LogP contribution in [0, 0.1) is 0 Å². The fourth-order valence-corrected chi connectivity index (χ4v) is 6.78. The van der Waals surface area contributed by atoms with Crippen LogP contribution in [0.1, 0.15) is 23.0 Å². The number of nitrogens with zero attached hydrogens (tertiary/aromatic N) is 3. The molecule has 1 aliphatic rings. The molecule has 3 aromatic rings. The number of phosphoric ester groups is 1. The first-order valence-electron chi connectivity index (χ1n) is 11.3. The van der Waals surface area contributed by atoms with Crippen molar-refractivity contribution in [3.8, 4) is 5.75 Å². The number of amides is 1. The molecule has 2 aromatic heterocycles. The van der Waals surface area contributed by atoms with Crippen molar-refractivity contribution in [3.63, 3.8) is 0 Å². The fraction of sp³-hybridized carbons (Fsp3) is 0.333. The summed E-state index contributed by atoms with van der Waals surface area (Å²) in [6, 6.07) is 6.13. The van der Waals surface area contributed by atoms with Gasteiger partial charge in [-0.25, -0.2) is 24.6 Å². The Hall–Kier alpha value is -2.87. The van der Waals surface area contributed by atoms with E-state index in [0.717, 1.165) is 0 Å². The summed E-state index contributed by atoms with van der Waals surface area (Å²) >= 11 is 0. The van der Waals surface area contributed by atoms with Crippen LogP contribution in [0.15, 0.2) is 35.4 Å². The van der Waals surface area contributed by atoms with Crippen LogP contribution in [0.2, 0.25) is 0 Å². The Morgan fingerprint density at radius 1 is 1.17 bits per heavy atom. The lowest BCUT2D eigenvalue weighted by Gasteiger charge is -2.20. The van der Waals surface area contributed by atoms with Gasteiger partial charge in [-0.15, -0.1) is 0 Å². The zero-order valence-electron chi connectivity index (χ0n) is 21.1. The van der Waals surface area contributed by atoms with E-state index in [1.54, 1.807) is 12.1 Å². The Morgan fingerprint density at radius 3 is 2.48 bits per heavy atom. The van der Waals surface area contributed by atoms with E-state index in [9.17, 15) is 33.1 Å². The quantitative estimate of drug-likeness (QED) is 0.102. The molecule has 0 aliphatic carbocycles. The smallest absolute Gasteiger partial charge is 0.490 e. The third-order valence-corrected chi connectivity index (χ3v) is 9.30. The first-order chi connectivity index (χ1) is 19.6. The van der Waals surface area contributed by atoms with Gasteiger partial charge in [-0.3, -0.25) is 33.8 Å². The maximum atomic E-state index is 12.6. The number of H-pyrrole nitrogens is 1. The van der Waals surface area contributed by atoms with Crippen molar-refractivity contribution in [1.82, 2.24) is 19.5 Å². The summed E-state index contributed by atoms with van der Waals surface area (Å²) in [5.74, 6) is 5.02. The van der Waals surface area contributed by atoms with Gasteiger partial charge in [-0.2, -0.15) is 13.6 Å². The van der Waals surface area contributed by atoms with Crippen LogP contribution in [-0.2, 0) is 36.4 Å². The maximum absolute atomic E-state index is 12.6. The standard InChI is InChI=1S/C18H23N6O15P3/c1-34-10-4-2-9(3-5-10)16(25)22-18-21-15-14(17(26)23-18)20-8-24(15)13-6-11(37-19)12(36-13)7-35-41(30,31)39-42(32,33)38-40(27,28)29/h2-5,8,11-13H,6-7,19H2,1H3,(H,30,31)(H,32,33)(H2,27,28,29)(H2,21,22,23,25,26)/t11-,12-,13-/m1/s1. The van der Waals surface area contributed by atoms with Crippen LogP contribution in [-0.4, -0.2) is 70.9 Å². The van der Waals surface area contributed by atoms with Gasteiger partial charge in [0.1, 0.15) is 24.2 Å². The van der Waals surface area contributed by atoms with E-state index in [0.29, 0.717) is 5.75 Å². The number of ether oxygens (including phenoxy) is 2. The van der Waals surface area contributed by atoms with Gasteiger partial charge < -0.3 is 29.0 Å². The van der Waals surface area contributed by atoms with Crippen molar-refractivity contribution in [1.29, 1.82) is 0 Å². The van der Waals surface area contributed by atoms with Gasteiger partial charge in [0.2, 0.25) is 5.95 Å². The lowest BCUT2D eigenvalue weighted by Crippen LogP contribution is -2.31. The van der Waals surface area contributed by atoms with Gasteiger partial charge in [0.25, 0.3) is 11.5 Å². The van der Waals surface area contributed by atoms with E-state index >= 15 is 0 Å². The summed E-state index contributed by atoms with van der Waals surface area (Å²) in [4.78, 5) is 76.9. The molecular formula is C18H23N6O15P3. The molecule has 8 N–H and O–H groups in total. The minimum Gasteiger partial charge on any atom is -0.497 e. The van der Waals surface area contributed by atoms with E-state index in [4.69, 9.17) is 30.0 Å². The van der Waals surface area contributed by atoms with Crippen molar-refractivity contribution in [2.75, 3.05) is 19.0 Å². The largest absolute Gasteiger partial charge is 0.497 e. The molecule has 2 unspecified atom stereocenters. The predicted octanol–water partition coefficient (Wildman–Crippen LogP) is 0.270. The molecule has 42 heavy (non-hydrogen) atoms. The highest BCUT2D eigenvalue weighted by molar-refractivity contribution is 7.66. The minimum atomic E-state index is -5.73. The molecule has 0 spiro atoms. The Labute approximate surface area is 233 Å². The van der Waals surface area contributed by atoms with Crippen molar-refractivity contribution < 1.29 is 65.5 Å². The Morgan fingerprint density at radius 2 is 1.86 bits per heavy atom. The average molecular weight is 656 g/mol. The third kappa shape index (κ3) is 7.94. The van der Waals surface area contributed by atoms with Crippen LogP contribution in [0.4, 0.5) is 5.95 Å². The lowest BCUT2D eigenvalue weighted by atomic mass is 10.2. The van der Waals surface area contributed by atoms with Crippen LogP contribution in [0.5, 0.6) is 5.75 Å². The Balaban J connectivity index is 1.48. The van der Waals surface area contributed by atoms with Crippen molar-refractivity contribution >= 4 is 46.5 Å². The van der Waals surface area contributed by atoms with Gasteiger partial charge in [-0.05, 0) is 24.3 Å². The summed E-state index contributed by atoms with van der Waals surface area (Å²) < 4.78 is 58.4. The summed E-state index contributed by atoms with van der Waals surface area (Å²) in [6.45, 7) is -0.841. The van der Waals surface area contributed by atoms with Gasteiger partial charge in [0.05, 0.1) is 20.0 Å². The number of nitrogens with one attached hydrogen (secondary N) is 2. The number of aromatic nitrogens is 4. The number of methoxy groups -OCH3 is 1. The number of anilines is 1. The number of fused-ring (bicyclic) bond motifs is 1. The molecule has 3 heterocycles. The zero-order valence-corrected chi connectivity index (χ0v) is 23.8. The number of carbonyl (C=O) groups excluding carboxylic acids is 1. The Bertz CT molecular complexity index is 1660. The number of carbonyl (C=O) groups is 1. The van der Waals surface area contributed by atoms with Gasteiger partial charge >= 0.3 is 23.5 Å². The number of nitrogens with two attached hydrogens (primary N) is 1. The highest BCUT2D eigenvalue weighted by atomic mass is 31.3. The average Bonchev–Trinajstić information content (AvgIpc) is 3.49. The summed E-state index contributed by atoms with van der Waals surface area (Å²) in [5, 5.41) is 2.47. The molecule has 1 fully saturated rings. The highest BCUT2D eigenvalue weighted by Crippen LogP contribution is 2.66. The van der Waals surface area contributed by atoms with Crippen LogP contribution in [0.3, 0.4) is 0 Å². The molecule has 4 rings (SSSR count). The second-order valence-electron chi connectivity index (χ2n) is 8.35. The van der Waals surface area contributed by atoms with E-state index in [2.05, 4.69) is 33.4 Å². The van der Waals surface area contributed by atoms with E-state index in [-0.39, 0.29) is 29.1 Å². The molecule has 24 heteroatoms. The number of benzene rings is 1. The first-order valence-corrected chi connectivity index (χ1v) is 15.8. The molecule has 1 saturated heterocycles. The van der Waals surface area contributed by atoms with Gasteiger partial charge in [0.15, 0.2) is 11.2 Å². The molecule has 1 aliphatic heterocycles. The lowest BCUT2D eigenvalue weighted by molar-refractivity contribution is -0.0600. The molecular weight excluding hydrogens is 633 g/mol. The molecule has 0 bridgehead atoms. The van der Waals surface area contributed by atoms with E-state index in [1.807, 2.05) is 0 Å². The predicted molar refractivity (Wildman–Crippen MR) is 137 cm³/mol. The molecule has 1 amide bonds. The van der Waals surface area contributed by atoms with E-state index in [1.165, 1.54) is 30.1 Å². The number of phosphoric acid groups is 3. The first kappa shape index (κ1) is 32.1. The SMILES string of the molecule is COc1ccc(C(=O)Nc2nc3c(ncn3[C@H]3C[C@@H](ON)[C@@H](COP(=O)(O)OP(=O)(O)OP(=O)(O)O)O3)c(=O)[nH]2)cc1. The summed E-state index contributed by atoms with van der Waals surface area (Å²) in [5.41, 5.74) is -0.605. The minimum absolute atomic E-state index is 0.0295. The van der Waals surface area contributed by atoms with Crippen molar-refractivity contribution in [2.24, 2.45) is 5.90 Å². The third-order valence-electron chi connectivity index (χ3n) is 5.50. The molecule has 5 atom stereocenters. The number of hydrogen-bond acceptors (Lipinski definition) is 14. The van der Waals surface area contributed by atoms with Crippen LogP contribution >= 0.6 is 23.5 Å². The van der Waals surface area contributed by atoms with E-state index < -0.39 is 60.0 Å². The second-order valence-corrected chi connectivity index (χ2v) is 12.8. The number of imidazole rings is 1. The normalized spacial score (nSPS) is 22.0. The monoisotopic (exact) mass is 656 g/mol. The fourth-order valence-electron chi connectivity index (χ4n) is 3.75. The molecule has 0 radical (unpaired) electrons. The van der Waals surface area contributed by atoms with Crippen molar-refractivity contribution in [3.05, 3.63) is 46.5 Å². The number of rotatable bonds is 12. The molecule has 230 valence electrons. The topological polar surface area (TPSA) is 306 Å². The molecule has 21 nitrogen and oxygen atoms in total. The number of hydrogen-bond donors (Lipinski definition) is 7. The molecule has 1 aromatic carbocycles. The maximum Gasteiger partial charge on any atom is 0.490 e. The Kier molecular flexibility index (Phi) is 9.46. The van der Waals surface area contributed by atoms with Gasteiger partial charge in [0, 0.05) is 12.0 Å². The highest BCUT2D eigenvalue weighted by Gasteiger charge is 2.43. The zero-order chi connectivity index (χ0) is 30.9.